The Labute approximate surface area is 221 Å². The summed E-state index contributed by atoms with van der Waals surface area (Å²) in [6.45, 7) is -0.668. The van der Waals surface area contributed by atoms with Crippen LogP contribution in [-0.2, 0) is 19.2 Å². The summed E-state index contributed by atoms with van der Waals surface area (Å²) in [6, 6.07) is 10.0. The van der Waals surface area contributed by atoms with Gasteiger partial charge in [-0.3, -0.25) is 0 Å². The Hall–Kier alpha value is -3.45. The molecule has 0 aromatic heterocycles. The molecule has 0 saturated heterocycles. The van der Waals surface area contributed by atoms with Gasteiger partial charge in [0, 0.05) is 0 Å². The summed E-state index contributed by atoms with van der Waals surface area (Å²) < 4.78 is 14.4. The minimum atomic E-state index is -1.28. The fourth-order valence-electron chi connectivity index (χ4n) is 2.78. The van der Waals surface area contributed by atoms with Gasteiger partial charge in [-0.15, -0.1) is 0 Å². The zero-order valence-corrected chi connectivity index (χ0v) is 21.8. The average Bonchev–Trinajstić information content (AvgIpc) is 2.85. The van der Waals surface area contributed by atoms with Crippen LogP contribution in [0.25, 0.3) is 0 Å². The number of rotatable bonds is 14. The molecule has 0 spiro atoms. The maximum atomic E-state index is 13.9. The predicted molar refractivity (Wildman–Crippen MR) is 136 cm³/mol. The van der Waals surface area contributed by atoms with Crippen LogP contribution in [0, 0.1) is 5.82 Å². The number of carbonyl (C=O) groups is 5. The van der Waals surface area contributed by atoms with Gasteiger partial charge in [-0.1, -0.05) is 0 Å². The van der Waals surface area contributed by atoms with E-state index in [-0.39, 0.29) is 24.2 Å². The van der Waals surface area contributed by atoms with Crippen LogP contribution in [0.15, 0.2) is 48.5 Å². The number of anilines is 1. The Balaban J connectivity index is 2.07. The Morgan fingerprint density at radius 3 is 2.41 bits per heavy atom. The van der Waals surface area contributed by atoms with Gasteiger partial charge in [0.05, 0.1) is 0 Å². The molecule has 2 aromatic rings. The van der Waals surface area contributed by atoms with Crippen molar-refractivity contribution in [2.45, 2.75) is 24.9 Å². The molecule has 2 atom stereocenters. The number of para-hydroxylation sites is 1. The summed E-state index contributed by atoms with van der Waals surface area (Å²) in [5.74, 6) is -4.97. The second-order valence-corrected chi connectivity index (χ2v) is 11.7. The number of hydrogen-bond acceptors (Lipinski definition) is 7. The first kappa shape index (κ1) is 29.8. The molecule has 0 fully saturated rings. The SMILES string of the molecule is NC(CCC(=O)NC(CS[Se]c1cc(F)ccc1C(=O)Nc1ccccc1)C(=O)NCC(=O)O)C(=O)O. The Bertz CT molecular complexity index is 1140. The van der Waals surface area contributed by atoms with E-state index in [9.17, 15) is 28.4 Å². The fourth-order valence-corrected chi connectivity index (χ4v) is 7.01. The van der Waals surface area contributed by atoms with Gasteiger partial charge in [0.15, 0.2) is 0 Å². The Morgan fingerprint density at radius 1 is 1.05 bits per heavy atom. The summed E-state index contributed by atoms with van der Waals surface area (Å²) in [5, 5.41) is 25.0. The summed E-state index contributed by atoms with van der Waals surface area (Å²) in [5.41, 5.74) is 6.20. The number of amides is 3. The molecule has 3 amide bonds. The van der Waals surface area contributed by atoms with Crippen LogP contribution in [0.5, 0.6) is 0 Å². The van der Waals surface area contributed by atoms with Crippen molar-refractivity contribution < 1.29 is 38.6 Å². The van der Waals surface area contributed by atoms with Crippen LogP contribution in [0.4, 0.5) is 10.1 Å². The number of carboxylic acids is 2. The average molecular weight is 599 g/mol. The van der Waals surface area contributed by atoms with Crippen molar-refractivity contribution >= 4 is 63.8 Å². The van der Waals surface area contributed by atoms with Crippen molar-refractivity contribution in [3.05, 3.63) is 59.9 Å². The van der Waals surface area contributed by atoms with Crippen molar-refractivity contribution in [3.8, 4) is 0 Å². The van der Waals surface area contributed by atoms with Crippen molar-refractivity contribution in [1.29, 1.82) is 0 Å². The van der Waals surface area contributed by atoms with Gasteiger partial charge in [-0.25, -0.2) is 0 Å². The van der Waals surface area contributed by atoms with Crippen LogP contribution in [0.3, 0.4) is 0 Å². The van der Waals surface area contributed by atoms with E-state index in [1.165, 1.54) is 22.3 Å². The van der Waals surface area contributed by atoms with E-state index >= 15 is 0 Å². The third-order valence-electron chi connectivity index (χ3n) is 4.67. The molecule has 2 rings (SSSR count). The first-order chi connectivity index (χ1) is 17.6. The van der Waals surface area contributed by atoms with Gasteiger partial charge in [-0.05, 0) is 0 Å². The van der Waals surface area contributed by atoms with E-state index in [0.717, 1.165) is 6.07 Å². The minimum absolute atomic E-state index is 0.0154. The Kier molecular flexibility index (Phi) is 12.0. The number of nitrogens with two attached hydrogens (primary N) is 1. The molecule has 0 aliphatic rings. The zero-order valence-electron chi connectivity index (χ0n) is 19.3. The molecule has 37 heavy (non-hydrogen) atoms. The fraction of sp³-hybridized carbons (Fsp3) is 0.261. The number of benzene rings is 2. The number of halogens is 1. The van der Waals surface area contributed by atoms with E-state index < -0.39 is 67.9 Å². The Morgan fingerprint density at radius 2 is 1.76 bits per heavy atom. The molecule has 0 aliphatic carbocycles. The van der Waals surface area contributed by atoms with Crippen LogP contribution in [0.1, 0.15) is 23.2 Å². The van der Waals surface area contributed by atoms with Crippen molar-refractivity contribution in [1.82, 2.24) is 10.6 Å². The monoisotopic (exact) mass is 600 g/mol. The number of carbonyl (C=O) groups excluding carboxylic acids is 3. The first-order valence-electron chi connectivity index (χ1n) is 10.8. The standard InChI is InChI=1S/C23H25FN4O7SSe/c24-13-6-7-15(21(32)27-14-4-2-1-3-5-14)18(10-13)37-36-12-17(22(33)26-11-20(30)31)28-19(29)9-8-16(25)23(34)35/h1-7,10,16-17H,8-9,11-12,25H2,(H,26,33)(H,27,32)(H,28,29)(H,30,31)(H,34,35). The third-order valence-corrected chi connectivity index (χ3v) is 8.87. The molecule has 11 nitrogen and oxygen atoms in total. The molecular weight excluding hydrogens is 574 g/mol. The zero-order chi connectivity index (χ0) is 27.4. The number of hydrogen-bond donors (Lipinski definition) is 6. The second kappa shape index (κ2) is 15.0. The molecule has 7 N–H and O–H groups in total. The molecule has 0 saturated carbocycles. The van der Waals surface area contributed by atoms with Crippen molar-refractivity contribution in [3.63, 3.8) is 0 Å². The van der Waals surface area contributed by atoms with Gasteiger partial charge < -0.3 is 0 Å². The van der Waals surface area contributed by atoms with E-state index in [2.05, 4.69) is 16.0 Å². The topological polar surface area (TPSA) is 188 Å². The number of nitrogens with one attached hydrogen (secondary N) is 3. The summed E-state index contributed by atoms with van der Waals surface area (Å²) in [7, 11) is 1.17. The molecule has 0 radical (unpaired) electrons. The second-order valence-electron chi connectivity index (χ2n) is 7.54. The molecule has 0 bridgehead atoms. The van der Waals surface area contributed by atoms with E-state index in [0.29, 0.717) is 10.1 Å². The third kappa shape index (κ3) is 10.6. The van der Waals surface area contributed by atoms with Gasteiger partial charge in [-0.2, -0.15) is 0 Å². The van der Waals surface area contributed by atoms with Gasteiger partial charge in [0.1, 0.15) is 0 Å². The maximum absolute atomic E-state index is 13.9. The van der Waals surface area contributed by atoms with Crippen LogP contribution in [0.2, 0.25) is 0 Å². The molecular formula is C23H25FN4O7SSe. The van der Waals surface area contributed by atoms with Crippen LogP contribution < -0.4 is 26.1 Å². The molecule has 2 aromatic carbocycles. The molecule has 0 aliphatic heterocycles. The van der Waals surface area contributed by atoms with E-state index in [1.807, 2.05) is 0 Å². The summed E-state index contributed by atoms with van der Waals surface area (Å²) >= 11 is -0.576. The van der Waals surface area contributed by atoms with E-state index in [4.69, 9.17) is 15.9 Å². The summed E-state index contributed by atoms with van der Waals surface area (Å²) in [6.07, 6.45) is -0.426. The quantitative estimate of drug-likeness (QED) is 0.162. The molecule has 0 heterocycles. The van der Waals surface area contributed by atoms with Crippen LogP contribution in [-0.4, -0.2) is 78.1 Å². The molecule has 2 unspecified atom stereocenters. The van der Waals surface area contributed by atoms with Crippen molar-refractivity contribution in [2.24, 2.45) is 5.73 Å². The predicted octanol–water partition coefficient (Wildman–Crippen LogP) is -0.0666. The molecule has 14 heteroatoms. The number of carboxylic acid groups (broad SMARTS) is 2. The van der Waals surface area contributed by atoms with Gasteiger partial charge in [0.25, 0.3) is 0 Å². The van der Waals surface area contributed by atoms with Crippen LogP contribution >= 0.6 is 10.2 Å². The normalized spacial score (nSPS) is 12.2. The number of aliphatic carboxylic acids is 2. The van der Waals surface area contributed by atoms with Gasteiger partial charge >= 0.3 is 221 Å². The van der Waals surface area contributed by atoms with Gasteiger partial charge in [0.2, 0.25) is 0 Å². The molecule has 198 valence electrons. The summed E-state index contributed by atoms with van der Waals surface area (Å²) in [4.78, 5) is 59.1. The first-order valence-corrected chi connectivity index (χ1v) is 14.7. The van der Waals surface area contributed by atoms with Crippen molar-refractivity contribution in [2.75, 3.05) is 17.6 Å². The van der Waals surface area contributed by atoms with E-state index in [1.54, 1.807) is 30.3 Å².